The maximum atomic E-state index is 12.7. The number of thiophene rings is 1. The minimum atomic E-state index is -0.526. The highest BCUT2D eigenvalue weighted by atomic mass is 35.5. The van der Waals surface area contributed by atoms with Crippen LogP contribution in [0.25, 0.3) is 10.4 Å². The van der Waals surface area contributed by atoms with Crippen molar-refractivity contribution in [3.63, 3.8) is 0 Å². The molecule has 0 saturated carbocycles. The molecule has 1 aromatic heterocycles. The monoisotopic (exact) mass is 382 g/mol. The summed E-state index contributed by atoms with van der Waals surface area (Å²) in [6.07, 6.45) is 0.542. The van der Waals surface area contributed by atoms with Gasteiger partial charge in [-0.3, -0.25) is 4.79 Å². The van der Waals surface area contributed by atoms with Gasteiger partial charge in [0.1, 0.15) is 0 Å². The molecule has 3 nitrogen and oxygen atoms in total. The van der Waals surface area contributed by atoms with Gasteiger partial charge < -0.3 is 10.6 Å². The number of hydrogen-bond donors (Lipinski definition) is 1. The molecule has 1 unspecified atom stereocenters. The maximum Gasteiger partial charge on any atom is 0.240 e. The second kappa shape index (κ2) is 7.23. The normalized spacial score (nSPS) is 14.3. The third-order valence-electron chi connectivity index (χ3n) is 4.69. The first-order valence-electron chi connectivity index (χ1n) is 8.56. The van der Waals surface area contributed by atoms with E-state index >= 15 is 0 Å². The average molecular weight is 383 g/mol. The van der Waals surface area contributed by atoms with Crippen molar-refractivity contribution in [3.05, 3.63) is 81.7 Å². The number of halogens is 1. The minimum Gasteiger partial charge on any atom is -0.333 e. The van der Waals surface area contributed by atoms with Gasteiger partial charge >= 0.3 is 0 Å². The zero-order chi connectivity index (χ0) is 18.1. The second-order valence-electron chi connectivity index (χ2n) is 6.52. The molecule has 0 radical (unpaired) electrons. The Bertz CT molecular complexity index is 927. The molecule has 2 N–H and O–H groups in total. The lowest BCUT2D eigenvalue weighted by Gasteiger charge is -2.20. The molecule has 0 aliphatic carbocycles. The van der Waals surface area contributed by atoms with E-state index in [2.05, 4.69) is 12.1 Å². The van der Waals surface area contributed by atoms with Crippen molar-refractivity contribution in [2.24, 2.45) is 5.73 Å². The molecule has 132 valence electrons. The summed E-state index contributed by atoms with van der Waals surface area (Å²) in [6.45, 7) is 1.30. The van der Waals surface area contributed by atoms with E-state index in [4.69, 9.17) is 17.3 Å². The zero-order valence-electron chi connectivity index (χ0n) is 14.2. The molecule has 1 amide bonds. The topological polar surface area (TPSA) is 46.3 Å². The number of hydrogen-bond acceptors (Lipinski definition) is 3. The number of nitrogens with zero attached hydrogens (tertiary/aromatic N) is 1. The third-order valence-corrected chi connectivity index (χ3v) is 6.16. The number of amides is 1. The lowest BCUT2D eigenvalue weighted by atomic mass is 10.1. The molecule has 0 bridgehead atoms. The lowest BCUT2D eigenvalue weighted by molar-refractivity contribution is -0.133. The predicted octanol–water partition coefficient (Wildman–Crippen LogP) is 4.48. The Morgan fingerprint density at radius 3 is 2.38 bits per heavy atom. The Morgan fingerprint density at radius 2 is 1.69 bits per heavy atom. The van der Waals surface area contributed by atoms with Gasteiger partial charge in [-0.25, -0.2) is 0 Å². The Morgan fingerprint density at radius 1 is 1.04 bits per heavy atom. The van der Waals surface area contributed by atoms with Gasteiger partial charge in [0.2, 0.25) is 5.91 Å². The molecule has 2 aromatic carbocycles. The molecule has 1 aliphatic rings. The summed E-state index contributed by atoms with van der Waals surface area (Å²) in [5.41, 5.74) is 9.67. The van der Waals surface area contributed by atoms with Crippen LogP contribution < -0.4 is 5.73 Å². The van der Waals surface area contributed by atoms with Crippen LogP contribution in [0.2, 0.25) is 5.02 Å². The van der Waals surface area contributed by atoms with Crippen molar-refractivity contribution < 1.29 is 4.79 Å². The molecule has 0 spiro atoms. The molecule has 5 heteroatoms. The quantitative estimate of drug-likeness (QED) is 0.723. The number of nitrogens with two attached hydrogens (primary N) is 1. The molecule has 26 heavy (non-hydrogen) atoms. The maximum absolute atomic E-state index is 12.7. The summed E-state index contributed by atoms with van der Waals surface area (Å²) in [6, 6.07) is 19.5. The van der Waals surface area contributed by atoms with Gasteiger partial charge in [0.05, 0.1) is 6.04 Å². The highest BCUT2D eigenvalue weighted by Gasteiger charge is 2.27. The van der Waals surface area contributed by atoms with Gasteiger partial charge in [0, 0.05) is 39.9 Å². The van der Waals surface area contributed by atoms with Crippen LogP contribution in [0.5, 0.6) is 0 Å². The molecular formula is C21H19ClN2OS. The van der Waals surface area contributed by atoms with Crippen molar-refractivity contribution in [2.45, 2.75) is 25.6 Å². The summed E-state index contributed by atoms with van der Waals surface area (Å²) in [7, 11) is 0. The molecular weight excluding hydrogens is 364 g/mol. The Labute approximate surface area is 162 Å². The van der Waals surface area contributed by atoms with Crippen LogP contribution in [0.15, 0.2) is 60.7 Å². The third kappa shape index (κ3) is 3.40. The van der Waals surface area contributed by atoms with E-state index in [-0.39, 0.29) is 5.91 Å². The largest absolute Gasteiger partial charge is 0.333 e. The van der Waals surface area contributed by atoms with Crippen LogP contribution in [-0.4, -0.2) is 16.8 Å². The smallest absolute Gasteiger partial charge is 0.240 e. The van der Waals surface area contributed by atoms with Crippen molar-refractivity contribution in [2.75, 3.05) is 0 Å². The Hall–Kier alpha value is -2.14. The first-order valence-corrected chi connectivity index (χ1v) is 9.76. The fraction of sp³-hybridized carbons (Fsp3) is 0.190. The highest BCUT2D eigenvalue weighted by Crippen LogP contribution is 2.33. The number of fused-ring (bicyclic) bond motifs is 1. The first kappa shape index (κ1) is 17.3. The molecule has 3 aromatic rings. The molecule has 2 heterocycles. The van der Waals surface area contributed by atoms with Crippen molar-refractivity contribution in [3.8, 4) is 10.4 Å². The number of rotatable bonds is 4. The standard InChI is InChI=1S/C21H19ClN2OS/c22-18-8-4-3-7-17(18)20-10-9-16(26-20)11-19(23)21(25)24-12-14-5-1-2-6-15(14)13-24/h1-10,19H,11-13,23H2. The fourth-order valence-corrected chi connectivity index (χ4v) is 4.72. The molecule has 0 saturated heterocycles. The highest BCUT2D eigenvalue weighted by molar-refractivity contribution is 7.15. The summed E-state index contributed by atoms with van der Waals surface area (Å²) in [5.74, 6) is 0.00823. The van der Waals surface area contributed by atoms with Crippen LogP contribution in [0.3, 0.4) is 0 Å². The molecule has 1 aliphatic heterocycles. The van der Waals surface area contributed by atoms with Crippen LogP contribution in [0, 0.1) is 0 Å². The second-order valence-corrected chi connectivity index (χ2v) is 8.09. The summed E-state index contributed by atoms with van der Waals surface area (Å²) < 4.78 is 0. The number of benzene rings is 2. The van der Waals surface area contributed by atoms with Gasteiger partial charge in [0.15, 0.2) is 0 Å². The molecule has 1 atom stereocenters. The first-order chi connectivity index (χ1) is 12.6. The van der Waals surface area contributed by atoms with Crippen molar-refractivity contribution in [1.29, 1.82) is 0 Å². The number of carbonyl (C=O) groups is 1. The van der Waals surface area contributed by atoms with Gasteiger partial charge in [-0.15, -0.1) is 11.3 Å². The van der Waals surface area contributed by atoms with E-state index in [1.54, 1.807) is 11.3 Å². The fourth-order valence-electron chi connectivity index (χ4n) is 3.32. The van der Waals surface area contributed by atoms with E-state index in [0.29, 0.717) is 19.5 Å². The van der Waals surface area contributed by atoms with E-state index in [0.717, 1.165) is 20.3 Å². The number of carbonyl (C=O) groups excluding carboxylic acids is 1. The summed E-state index contributed by atoms with van der Waals surface area (Å²) >= 11 is 7.92. The Balaban J connectivity index is 1.43. The molecule has 4 rings (SSSR count). The van der Waals surface area contributed by atoms with Crippen LogP contribution in [0.4, 0.5) is 0 Å². The summed E-state index contributed by atoms with van der Waals surface area (Å²) in [4.78, 5) is 16.8. The average Bonchev–Trinajstić information content (AvgIpc) is 3.28. The van der Waals surface area contributed by atoms with E-state index < -0.39 is 6.04 Å². The predicted molar refractivity (Wildman–Crippen MR) is 107 cm³/mol. The minimum absolute atomic E-state index is 0.00823. The van der Waals surface area contributed by atoms with E-state index in [1.807, 2.05) is 53.4 Å². The van der Waals surface area contributed by atoms with Crippen LogP contribution >= 0.6 is 22.9 Å². The summed E-state index contributed by atoms with van der Waals surface area (Å²) in [5, 5.41) is 0.733. The van der Waals surface area contributed by atoms with Gasteiger partial charge in [0.25, 0.3) is 0 Å². The lowest BCUT2D eigenvalue weighted by Crippen LogP contribution is -2.42. The Kier molecular flexibility index (Phi) is 4.81. The van der Waals surface area contributed by atoms with E-state index in [1.165, 1.54) is 11.1 Å². The van der Waals surface area contributed by atoms with E-state index in [9.17, 15) is 4.79 Å². The van der Waals surface area contributed by atoms with Crippen LogP contribution in [-0.2, 0) is 24.3 Å². The SMILES string of the molecule is NC(Cc1ccc(-c2ccccc2Cl)s1)C(=O)N1Cc2ccccc2C1. The molecule has 0 fully saturated rings. The van der Waals surface area contributed by atoms with Gasteiger partial charge in [-0.1, -0.05) is 54.1 Å². The van der Waals surface area contributed by atoms with Crippen molar-refractivity contribution >= 4 is 28.8 Å². The zero-order valence-corrected chi connectivity index (χ0v) is 15.8. The van der Waals surface area contributed by atoms with Gasteiger partial charge in [-0.05, 0) is 29.3 Å². The van der Waals surface area contributed by atoms with Crippen LogP contribution in [0.1, 0.15) is 16.0 Å². The van der Waals surface area contributed by atoms with Crippen molar-refractivity contribution in [1.82, 2.24) is 4.90 Å². The van der Waals surface area contributed by atoms with Gasteiger partial charge in [-0.2, -0.15) is 0 Å².